The lowest BCUT2D eigenvalue weighted by Gasteiger charge is -2.10. The molecular weight excluding hydrogens is 292 g/mol. The van der Waals surface area contributed by atoms with Gasteiger partial charge in [-0.3, -0.25) is 9.89 Å². The molecule has 2 aromatic heterocycles. The lowest BCUT2D eigenvalue weighted by Crippen LogP contribution is -2.15. The lowest BCUT2D eigenvalue weighted by molar-refractivity contribution is 0.341. The summed E-state index contributed by atoms with van der Waals surface area (Å²) >= 11 is 0. The normalized spacial score (nSPS) is 11.1. The van der Waals surface area contributed by atoms with Crippen molar-refractivity contribution >= 4 is 5.52 Å². The molecule has 0 saturated heterocycles. The first-order chi connectivity index (χ1) is 11.2. The van der Waals surface area contributed by atoms with Gasteiger partial charge in [0.2, 0.25) is 0 Å². The van der Waals surface area contributed by atoms with Gasteiger partial charge in [-0.05, 0) is 32.4 Å². The van der Waals surface area contributed by atoms with Gasteiger partial charge in [0.1, 0.15) is 11.6 Å². The van der Waals surface area contributed by atoms with Crippen LogP contribution in [0.5, 0.6) is 5.75 Å². The van der Waals surface area contributed by atoms with E-state index in [1.54, 1.807) is 4.52 Å². The van der Waals surface area contributed by atoms with Gasteiger partial charge in [0, 0.05) is 6.42 Å². The molecule has 0 unspecified atom stereocenters. The van der Waals surface area contributed by atoms with Crippen molar-refractivity contribution in [2.75, 3.05) is 6.61 Å². The maximum Gasteiger partial charge on any atom is 0.299 e. The minimum atomic E-state index is -0.280. The highest BCUT2D eigenvalue weighted by Gasteiger charge is 2.15. The van der Waals surface area contributed by atoms with Crippen LogP contribution < -0.4 is 10.3 Å². The third kappa shape index (κ3) is 2.72. The summed E-state index contributed by atoms with van der Waals surface area (Å²) in [5.41, 5.74) is 1.69. The number of rotatable bonds is 5. The molecule has 3 rings (SSSR count). The van der Waals surface area contributed by atoms with E-state index in [1.807, 2.05) is 38.1 Å². The number of para-hydroxylation sites is 1. The molecule has 1 N–H and O–H groups in total. The predicted molar refractivity (Wildman–Crippen MR) is 88.9 cm³/mol. The third-order valence-electron chi connectivity index (χ3n) is 3.67. The number of ether oxygens (including phenoxy) is 1. The van der Waals surface area contributed by atoms with Crippen LogP contribution in [-0.2, 0) is 6.42 Å². The first kappa shape index (κ1) is 15.3. The van der Waals surface area contributed by atoms with Crippen molar-refractivity contribution in [1.29, 1.82) is 0 Å². The van der Waals surface area contributed by atoms with Crippen LogP contribution >= 0.6 is 0 Å². The summed E-state index contributed by atoms with van der Waals surface area (Å²) in [7, 11) is 0. The summed E-state index contributed by atoms with van der Waals surface area (Å²) in [6.07, 6.45) is 1.75. The molecule has 6 nitrogen and oxygen atoms in total. The fourth-order valence-electron chi connectivity index (χ4n) is 2.70. The van der Waals surface area contributed by atoms with Crippen LogP contribution in [-0.4, -0.2) is 26.2 Å². The summed E-state index contributed by atoms with van der Waals surface area (Å²) in [4.78, 5) is 21.1. The van der Waals surface area contributed by atoms with Crippen LogP contribution in [0.15, 0.2) is 29.1 Å². The lowest BCUT2D eigenvalue weighted by atomic mass is 10.2. The molecule has 0 amide bonds. The van der Waals surface area contributed by atoms with Crippen LogP contribution in [0.4, 0.5) is 0 Å². The van der Waals surface area contributed by atoms with Crippen molar-refractivity contribution in [3.8, 4) is 17.1 Å². The Kier molecular flexibility index (Phi) is 4.14. The Morgan fingerprint density at radius 3 is 2.74 bits per heavy atom. The average molecular weight is 312 g/mol. The van der Waals surface area contributed by atoms with Crippen molar-refractivity contribution in [2.45, 2.75) is 33.6 Å². The van der Waals surface area contributed by atoms with Crippen LogP contribution in [0.2, 0.25) is 0 Å². The van der Waals surface area contributed by atoms with E-state index < -0.39 is 0 Å². The standard InChI is InChI=1S/C17H20N4O2/c1-4-8-14-18-11(3)15-17(22)19-16(20-21(14)15)12-9-6-7-10-13(12)23-5-2/h6-7,9-10H,4-5,8H2,1-3H3,(H,19,20,22). The zero-order valence-corrected chi connectivity index (χ0v) is 13.6. The fourth-order valence-corrected chi connectivity index (χ4v) is 2.70. The van der Waals surface area contributed by atoms with E-state index in [4.69, 9.17) is 4.74 Å². The summed E-state index contributed by atoms with van der Waals surface area (Å²) in [5, 5.41) is 3.22. The van der Waals surface area contributed by atoms with Gasteiger partial charge in [-0.15, -0.1) is 0 Å². The number of aryl methyl sites for hydroxylation is 2. The van der Waals surface area contributed by atoms with Crippen molar-refractivity contribution < 1.29 is 4.74 Å². The summed E-state index contributed by atoms with van der Waals surface area (Å²) in [5.74, 6) is 2.03. The van der Waals surface area contributed by atoms with Gasteiger partial charge < -0.3 is 4.74 Å². The van der Waals surface area contributed by atoms with E-state index in [0.29, 0.717) is 29.4 Å². The maximum atomic E-state index is 12.4. The minimum Gasteiger partial charge on any atom is -0.493 e. The van der Waals surface area contributed by atoms with E-state index in [0.717, 1.165) is 24.2 Å². The van der Waals surface area contributed by atoms with Crippen molar-refractivity contribution in [1.82, 2.24) is 19.6 Å². The number of imidazole rings is 1. The number of nitrogens with zero attached hydrogens (tertiary/aromatic N) is 3. The second kappa shape index (κ2) is 6.24. The summed E-state index contributed by atoms with van der Waals surface area (Å²) in [6.45, 7) is 6.39. The number of benzene rings is 1. The minimum absolute atomic E-state index is 0.280. The number of hydrogen-bond donors (Lipinski definition) is 1. The number of hydrogen-bond acceptors (Lipinski definition) is 4. The Morgan fingerprint density at radius 1 is 1.22 bits per heavy atom. The molecular formula is C17H20N4O2. The highest BCUT2D eigenvalue weighted by Crippen LogP contribution is 2.26. The summed E-state index contributed by atoms with van der Waals surface area (Å²) < 4.78 is 7.40. The molecule has 0 aliphatic heterocycles. The Hall–Kier alpha value is -2.63. The van der Waals surface area contributed by atoms with E-state index in [-0.39, 0.29) is 5.56 Å². The Labute approximate surface area is 134 Å². The smallest absolute Gasteiger partial charge is 0.299 e. The third-order valence-corrected chi connectivity index (χ3v) is 3.67. The second-order valence-electron chi connectivity index (χ2n) is 5.35. The Balaban J connectivity index is 2.24. The van der Waals surface area contributed by atoms with Gasteiger partial charge in [-0.1, -0.05) is 19.1 Å². The molecule has 0 aliphatic rings. The number of fused-ring (bicyclic) bond motifs is 1. The van der Waals surface area contributed by atoms with E-state index >= 15 is 0 Å². The number of nitrogens with one attached hydrogen (secondary N) is 1. The molecule has 6 heteroatoms. The Morgan fingerprint density at radius 2 is 2.00 bits per heavy atom. The Bertz CT molecular complexity index is 895. The van der Waals surface area contributed by atoms with Crippen LogP contribution in [0.3, 0.4) is 0 Å². The highest BCUT2D eigenvalue weighted by atomic mass is 16.5. The molecule has 0 radical (unpaired) electrons. The SMILES string of the molecule is CCCc1nc(C)c2c(=O)nc(-c3ccccc3OCC)[nH]n12. The number of aromatic amines is 1. The molecule has 0 spiro atoms. The van der Waals surface area contributed by atoms with Gasteiger partial charge in [0.25, 0.3) is 5.56 Å². The zero-order chi connectivity index (χ0) is 16.4. The molecule has 2 heterocycles. The molecule has 0 saturated carbocycles. The second-order valence-corrected chi connectivity index (χ2v) is 5.35. The molecule has 3 aromatic rings. The quantitative estimate of drug-likeness (QED) is 0.786. The van der Waals surface area contributed by atoms with Gasteiger partial charge in [-0.25, -0.2) is 9.50 Å². The number of aromatic nitrogens is 4. The molecule has 1 aromatic carbocycles. The first-order valence-corrected chi connectivity index (χ1v) is 7.86. The van der Waals surface area contributed by atoms with E-state index in [1.165, 1.54) is 0 Å². The number of H-pyrrole nitrogens is 1. The average Bonchev–Trinajstić information content (AvgIpc) is 2.85. The van der Waals surface area contributed by atoms with Gasteiger partial charge in [-0.2, -0.15) is 4.98 Å². The highest BCUT2D eigenvalue weighted by molar-refractivity contribution is 5.64. The van der Waals surface area contributed by atoms with Crippen LogP contribution in [0.25, 0.3) is 16.9 Å². The molecule has 0 aliphatic carbocycles. The van der Waals surface area contributed by atoms with Crippen molar-refractivity contribution in [2.24, 2.45) is 0 Å². The van der Waals surface area contributed by atoms with Crippen LogP contribution in [0.1, 0.15) is 31.8 Å². The van der Waals surface area contributed by atoms with Gasteiger partial charge >= 0.3 is 0 Å². The van der Waals surface area contributed by atoms with Gasteiger partial charge in [0.05, 0.1) is 17.9 Å². The van der Waals surface area contributed by atoms with Crippen molar-refractivity contribution in [3.63, 3.8) is 0 Å². The first-order valence-electron chi connectivity index (χ1n) is 7.86. The van der Waals surface area contributed by atoms with Gasteiger partial charge in [0.15, 0.2) is 11.3 Å². The summed E-state index contributed by atoms with van der Waals surface area (Å²) in [6, 6.07) is 7.55. The maximum absolute atomic E-state index is 12.4. The topological polar surface area (TPSA) is 72.3 Å². The molecule has 120 valence electrons. The molecule has 23 heavy (non-hydrogen) atoms. The fraction of sp³-hybridized carbons (Fsp3) is 0.353. The monoisotopic (exact) mass is 312 g/mol. The molecule has 0 bridgehead atoms. The van der Waals surface area contributed by atoms with E-state index in [9.17, 15) is 4.79 Å². The van der Waals surface area contributed by atoms with E-state index in [2.05, 4.69) is 22.0 Å². The largest absolute Gasteiger partial charge is 0.493 e. The zero-order valence-electron chi connectivity index (χ0n) is 13.6. The van der Waals surface area contributed by atoms with Crippen molar-refractivity contribution in [3.05, 3.63) is 46.1 Å². The van der Waals surface area contributed by atoms with Crippen LogP contribution in [0, 0.1) is 6.92 Å². The molecule has 0 atom stereocenters. The predicted octanol–water partition coefficient (Wildman–Crippen LogP) is 2.74. The molecule has 0 fully saturated rings.